The van der Waals surface area contributed by atoms with Gasteiger partial charge in [0.25, 0.3) is 0 Å². The van der Waals surface area contributed by atoms with E-state index in [4.69, 9.17) is 18.7 Å². The van der Waals surface area contributed by atoms with Crippen molar-refractivity contribution in [3.63, 3.8) is 0 Å². The van der Waals surface area contributed by atoms with Crippen molar-refractivity contribution in [1.82, 2.24) is 15.0 Å². The Bertz CT molecular complexity index is 852. The van der Waals surface area contributed by atoms with Crippen LogP contribution in [0.1, 0.15) is 29.0 Å². The van der Waals surface area contributed by atoms with Crippen LogP contribution in [0.2, 0.25) is 0 Å². The van der Waals surface area contributed by atoms with Crippen LogP contribution in [0, 0.1) is 13.8 Å². The molecular formula is C22H31N3O5. The highest BCUT2D eigenvalue weighted by Gasteiger charge is 2.23. The molecule has 0 aliphatic carbocycles. The Morgan fingerprint density at radius 3 is 2.30 bits per heavy atom. The van der Waals surface area contributed by atoms with Gasteiger partial charge in [-0.05, 0) is 31.9 Å². The summed E-state index contributed by atoms with van der Waals surface area (Å²) in [5, 5.41) is 4.02. The summed E-state index contributed by atoms with van der Waals surface area (Å²) in [7, 11) is 4.77. The fourth-order valence-electron chi connectivity index (χ4n) is 3.87. The van der Waals surface area contributed by atoms with E-state index in [1.165, 1.54) is 0 Å². The molecule has 2 aromatic rings. The van der Waals surface area contributed by atoms with E-state index >= 15 is 0 Å². The van der Waals surface area contributed by atoms with E-state index in [0.29, 0.717) is 30.1 Å². The van der Waals surface area contributed by atoms with Gasteiger partial charge in [0.15, 0.2) is 11.5 Å². The molecule has 30 heavy (non-hydrogen) atoms. The number of aryl methyl sites for hydroxylation is 3. The Kier molecular flexibility index (Phi) is 7.20. The number of ether oxygens (including phenoxy) is 3. The molecule has 0 bridgehead atoms. The van der Waals surface area contributed by atoms with Crippen LogP contribution in [0.3, 0.4) is 0 Å². The molecule has 0 spiro atoms. The van der Waals surface area contributed by atoms with E-state index in [1.54, 1.807) is 21.3 Å². The lowest BCUT2D eigenvalue weighted by Gasteiger charge is -2.34. The summed E-state index contributed by atoms with van der Waals surface area (Å²) < 4.78 is 21.5. The van der Waals surface area contributed by atoms with Crippen LogP contribution in [-0.4, -0.2) is 68.4 Å². The molecule has 1 fully saturated rings. The van der Waals surface area contributed by atoms with Crippen LogP contribution in [-0.2, 0) is 17.8 Å². The predicted molar refractivity (Wildman–Crippen MR) is 112 cm³/mol. The first-order chi connectivity index (χ1) is 14.5. The predicted octanol–water partition coefficient (Wildman–Crippen LogP) is 2.59. The Balaban J connectivity index is 1.54. The molecule has 1 aromatic carbocycles. The van der Waals surface area contributed by atoms with Crippen LogP contribution in [0.15, 0.2) is 16.7 Å². The number of hydrogen-bond acceptors (Lipinski definition) is 7. The zero-order valence-corrected chi connectivity index (χ0v) is 18.5. The molecule has 8 nitrogen and oxygen atoms in total. The summed E-state index contributed by atoms with van der Waals surface area (Å²) in [5.41, 5.74) is 3.02. The van der Waals surface area contributed by atoms with Gasteiger partial charge in [0, 0.05) is 44.7 Å². The normalized spacial score (nSPS) is 14.6. The van der Waals surface area contributed by atoms with E-state index in [0.717, 1.165) is 55.3 Å². The first-order valence-electron chi connectivity index (χ1n) is 10.2. The first-order valence-corrected chi connectivity index (χ1v) is 10.2. The molecule has 1 aliphatic heterocycles. The summed E-state index contributed by atoms with van der Waals surface area (Å²) in [5.74, 6) is 2.81. The van der Waals surface area contributed by atoms with Crippen LogP contribution < -0.4 is 14.2 Å². The van der Waals surface area contributed by atoms with E-state index in [2.05, 4.69) is 10.1 Å². The largest absolute Gasteiger partial charge is 0.493 e. The molecule has 1 aliphatic rings. The Labute approximate surface area is 177 Å². The summed E-state index contributed by atoms with van der Waals surface area (Å²) in [6, 6.07) is 3.77. The Morgan fingerprint density at radius 1 is 1.03 bits per heavy atom. The lowest BCUT2D eigenvalue weighted by Crippen LogP contribution is -2.48. The molecule has 1 amide bonds. The quantitative estimate of drug-likeness (QED) is 0.653. The molecule has 8 heteroatoms. The van der Waals surface area contributed by atoms with Gasteiger partial charge in [-0.2, -0.15) is 0 Å². The standard InChI is InChI=1S/C22H31N3O5/c1-15-18(16(2)30-23-15)14-24-10-12-25(13-11-24)20(26)9-7-17-6-8-19(27-3)22(29-5)21(17)28-4/h6,8H,7,9-14H2,1-5H3. The van der Waals surface area contributed by atoms with E-state index in [1.807, 2.05) is 30.9 Å². The van der Waals surface area contributed by atoms with Gasteiger partial charge in [0.05, 0.1) is 27.0 Å². The molecule has 1 saturated heterocycles. The van der Waals surface area contributed by atoms with Crippen LogP contribution in [0.4, 0.5) is 0 Å². The van der Waals surface area contributed by atoms with Gasteiger partial charge >= 0.3 is 0 Å². The maximum absolute atomic E-state index is 12.8. The zero-order chi connectivity index (χ0) is 21.7. The van der Waals surface area contributed by atoms with Crippen molar-refractivity contribution >= 4 is 5.91 Å². The van der Waals surface area contributed by atoms with Gasteiger partial charge < -0.3 is 23.6 Å². The summed E-state index contributed by atoms with van der Waals surface area (Å²) in [6.07, 6.45) is 1.01. The van der Waals surface area contributed by atoms with Crippen LogP contribution in [0.25, 0.3) is 0 Å². The van der Waals surface area contributed by atoms with E-state index in [-0.39, 0.29) is 5.91 Å². The third kappa shape index (κ3) is 4.70. The average molecular weight is 418 g/mol. The molecule has 164 valence electrons. The van der Waals surface area contributed by atoms with Crippen molar-refractivity contribution < 1.29 is 23.5 Å². The van der Waals surface area contributed by atoms with Crippen molar-refractivity contribution in [2.24, 2.45) is 0 Å². The van der Waals surface area contributed by atoms with E-state index in [9.17, 15) is 4.79 Å². The molecule has 1 aromatic heterocycles. The van der Waals surface area contributed by atoms with Gasteiger partial charge in [-0.15, -0.1) is 0 Å². The second-order valence-electron chi connectivity index (χ2n) is 7.45. The van der Waals surface area contributed by atoms with Crippen molar-refractivity contribution in [2.45, 2.75) is 33.2 Å². The lowest BCUT2D eigenvalue weighted by atomic mass is 10.1. The minimum absolute atomic E-state index is 0.156. The fraction of sp³-hybridized carbons (Fsp3) is 0.545. The number of nitrogens with zero attached hydrogens (tertiary/aromatic N) is 3. The lowest BCUT2D eigenvalue weighted by molar-refractivity contribution is -0.133. The Hall–Kier alpha value is -2.74. The van der Waals surface area contributed by atoms with E-state index < -0.39 is 0 Å². The number of methoxy groups -OCH3 is 3. The van der Waals surface area contributed by atoms with Crippen molar-refractivity contribution in [3.8, 4) is 17.2 Å². The van der Waals surface area contributed by atoms with Gasteiger partial charge in [-0.1, -0.05) is 11.2 Å². The molecule has 0 unspecified atom stereocenters. The first kappa shape index (κ1) is 22.0. The number of piperazine rings is 1. The third-order valence-corrected chi connectivity index (χ3v) is 5.68. The van der Waals surface area contributed by atoms with Crippen molar-refractivity contribution in [3.05, 3.63) is 34.7 Å². The summed E-state index contributed by atoms with van der Waals surface area (Å²) in [6.45, 7) is 7.86. The molecule has 0 N–H and O–H groups in total. The number of aromatic nitrogens is 1. The number of carbonyl (C=O) groups is 1. The molecule has 2 heterocycles. The number of benzene rings is 1. The molecule has 3 rings (SSSR count). The Morgan fingerprint density at radius 2 is 1.73 bits per heavy atom. The summed E-state index contributed by atoms with van der Waals surface area (Å²) in [4.78, 5) is 17.0. The molecule has 0 atom stereocenters. The number of rotatable bonds is 8. The minimum Gasteiger partial charge on any atom is -0.493 e. The molecular weight excluding hydrogens is 386 g/mol. The zero-order valence-electron chi connectivity index (χ0n) is 18.5. The SMILES string of the molecule is COc1ccc(CCC(=O)N2CCN(Cc3c(C)noc3C)CC2)c(OC)c1OC. The van der Waals surface area contributed by atoms with Gasteiger partial charge in [-0.25, -0.2) is 0 Å². The number of carbonyl (C=O) groups excluding carboxylic acids is 1. The van der Waals surface area contributed by atoms with Gasteiger partial charge in [0.2, 0.25) is 11.7 Å². The maximum atomic E-state index is 12.8. The number of amides is 1. The van der Waals surface area contributed by atoms with Crippen molar-refractivity contribution in [1.29, 1.82) is 0 Å². The monoisotopic (exact) mass is 417 g/mol. The third-order valence-electron chi connectivity index (χ3n) is 5.68. The average Bonchev–Trinajstić information content (AvgIpc) is 3.09. The second-order valence-corrected chi connectivity index (χ2v) is 7.45. The van der Waals surface area contributed by atoms with Crippen LogP contribution in [0.5, 0.6) is 17.2 Å². The topological polar surface area (TPSA) is 77.3 Å². The van der Waals surface area contributed by atoms with Crippen molar-refractivity contribution in [2.75, 3.05) is 47.5 Å². The second kappa shape index (κ2) is 9.84. The summed E-state index contributed by atoms with van der Waals surface area (Å²) >= 11 is 0. The van der Waals surface area contributed by atoms with Crippen LogP contribution >= 0.6 is 0 Å². The minimum atomic E-state index is 0.156. The maximum Gasteiger partial charge on any atom is 0.222 e. The smallest absolute Gasteiger partial charge is 0.222 e. The van der Waals surface area contributed by atoms with Gasteiger partial charge in [0.1, 0.15) is 5.76 Å². The fourth-order valence-corrected chi connectivity index (χ4v) is 3.87. The van der Waals surface area contributed by atoms with Gasteiger partial charge in [-0.3, -0.25) is 9.69 Å². The highest BCUT2D eigenvalue weighted by atomic mass is 16.5. The number of hydrogen-bond donors (Lipinski definition) is 0. The molecule has 0 radical (unpaired) electrons. The molecule has 0 saturated carbocycles. The highest BCUT2D eigenvalue weighted by molar-refractivity contribution is 5.76. The highest BCUT2D eigenvalue weighted by Crippen LogP contribution is 2.40.